The van der Waals surface area contributed by atoms with E-state index >= 15 is 0 Å². The van der Waals surface area contributed by atoms with Crippen molar-refractivity contribution in [2.75, 3.05) is 5.32 Å². The maximum atomic E-state index is 13.3. The van der Waals surface area contributed by atoms with Crippen LogP contribution in [0, 0.1) is 5.82 Å². The third kappa shape index (κ3) is 2.92. The minimum Gasteiger partial charge on any atom is -0.507 e. The Hall–Kier alpha value is -1.65. The van der Waals surface area contributed by atoms with Crippen LogP contribution in [0.15, 0.2) is 30.3 Å². The monoisotopic (exact) mass is 315 g/mol. The van der Waals surface area contributed by atoms with E-state index in [9.17, 15) is 14.6 Å². The summed E-state index contributed by atoms with van der Waals surface area (Å²) in [4.78, 5) is 0. The number of rotatable bonds is 3. The van der Waals surface area contributed by atoms with Crippen molar-refractivity contribution in [3.63, 3.8) is 0 Å². The van der Waals surface area contributed by atoms with Crippen LogP contribution in [0.3, 0.4) is 0 Å². The van der Waals surface area contributed by atoms with E-state index in [1.165, 1.54) is 30.3 Å². The van der Waals surface area contributed by atoms with E-state index in [-0.39, 0.29) is 21.5 Å². The molecule has 0 radical (unpaired) electrons. The third-order valence-corrected chi connectivity index (χ3v) is 3.41. The van der Waals surface area contributed by atoms with Crippen LogP contribution in [0.2, 0.25) is 10.0 Å². The third-order valence-electron chi connectivity index (χ3n) is 2.86. The molecule has 0 spiro atoms. The van der Waals surface area contributed by atoms with Gasteiger partial charge < -0.3 is 15.5 Å². The standard InChI is InChI=1S/C14H12Cl2FNO2/c1-7(13-11(19)3-2-4-12(13)20)18-8-5-9(15)14(17)10(16)6-8/h2-7,18-20H,1H3. The van der Waals surface area contributed by atoms with Gasteiger partial charge in [-0.1, -0.05) is 29.3 Å². The molecular formula is C14H12Cl2FNO2. The lowest BCUT2D eigenvalue weighted by Gasteiger charge is -2.18. The molecule has 2 aromatic carbocycles. The summed E-state index contributed by atoms with van der Waals surface area (Å²) in [5.41, 5.74) is 0.820. The Kier molecular flexibility index (Phi) is 4.26. The Labute approximate surface area is 125 Å². The smallest absolute Gasteiger partial charge is 0.160 e. The molecule has 0 saturated carbocycles. The van der Waals surface area contributed by atoms with Crippen LogP contribution >= 0.6 is 23.2 Å². The molecule has 0 amide bonds. The topological polar surface area (TPSA) is 52.5 Å². The number of hydrogen-bond acceptors (Lipinski definition) is 3. The summed E-state index contributed by atoms with van der Waals surface area (Å²) in [7, 11) is 0. The van der Waals surface area contributed by atoms with E-state index in [0.29, 0.717) is 11.3 Å². The normalized spacial score (nSPS) is 12.2. The van der Waals surface area contributed by atoms with E-state index in [1.807, 2.05) is 0 Å². The first kappa shape index (κ1) is 14.8. The van der Waals surface area contributed by atoms with Gasteiger partial charge in [-0.25, -0.2) is 4.39 Å². The molecule has 1 unspecified atom stereocenters. The number of anilines is 1. The summed E-state index contributed by atoms with van der Waals surface area (Å²) in [6.07, 6.45) is 0. The highest BCUT2D eigenvalue weighted by molar-refractivity contribution is 6.35. The summed E-state index contributed by atoms with van der Waals surface area (Å²) in [5, 5.41) is 22.3. The summed E-state index contributed by atoms with van der Waals surface area (Å²) >= 11 is 11.4. The number of aromatic hydroxyl groups is 2. The Morgan fingerprint density at radius 2 is 1.60 bits per heavy atom. The first-order chi connectivity index (χ1) is 9.40. The fourth-order valence-corrected chi connectivity index (χ4v) is 2.43. The molecule has 20 heavy (non-hydrogen) atoms. The van der Waals surface area contributed by atoms with Crippen molar-refractivity contribution in [1.82, 2.24) is 0 Å². The van der Waals surface area contributed by atoms with Crippen molar-refractivity contribution in [1.29, 1.82) is 0 Å². The van der Waals surface area contributed by atoms with Gasteiger partial charge in [0, 0.05) is 5.69 Å². The summed E-state index contributed by atoms with van der Waals surface area (Å²) in [5.74, 6) is -0.759. The van der Waals surface area contributed by atoms with Gasteiger partial charge >= 0.3 is 0 Å². The van der Waals surface area contributed by atoms with Crippen molar-refractivity contribution in [3.05, 3.63) is 51.8 Å². The molecule has 2 aromatic rings. The summed E-state index contributed by atoms with van der Waals surface area (Å²) in [6.45, 7) is 1.74. The second-order valence-electron chi connectivity index (χ2n) is 4.33. The maximum Gasteiger partial charge on any atom is 0.160 e. The fourth-order valence-electron chi connectivity index (χ4n) is 1.95. The van der Waals surface area contributed by atoms with Gasteiger partial charge in [0.05, 0.1) is 21.7 Å². The number of halogens is 3. The first-order valence-corrected chi connectivity index (χ1v) is 6.57. The average Bonchev–Trinajstić information content (AvgIpc) is 2.35. The van der Waals surface area contributed by atoms with E-state index < -0.39 is 11.9 Å². The van der Waals surface area contributed by atoms with E-state index in [1.54, 1.807) is 6.92 Å². The molecule has 0 aliphatic heterocycles. The minimum absolute atomic E-state index is 0.0377. The van der Waals surface area contributed by atoms with Crippen LogP contribution < -0.4 is 5.32 Å². The lowest BCUT2D eigenvalue weighted by Crippen LogP contribution is -2.07. The molecule has 0 saturated heterocycles. The molecule has 0 aliphatic carbocycles. The number of phenolic OH excluding ortho intramolecular Hbond substituents is 2. The van der Waals surface area contributed by atoms with Crippen LogP contribution in [-0.2, 0) is 0 Å². The highest BCUT2D eigenvalue weighted by atomic mass is 35.5. The van der Waals surface area contributed by atoms with E-state index in [0.717, 1.165) is 0 Å². The summed E-state index contributed by atoms with van der Waals surface area (Å²) < 4.78 is 13.3. The van der Waals surface area contributed by atoms with Crippen LogP contribution in [0.5, 0.6) is 11.5 Å². The van der Waals surface area contributed by atoms with Gasteiger partial charge in [0.15, 0.2) is 5.82 Å². The predicted molar refractivity (Wildman–Crippen MR) is 78.2 cm³/mol. The van der Waals surface area contributed by atoms with Gasteiger partial charge in [-0.2, -0.15) is 0 Å². The minimum atomic E-state index is -0.683. The van der Waals surface area contributed by atoms with Crippen LogP contribution in [-0.4, -0.2) is 10.2 Å². The van der Waals surface area contributed by atoms with Gasteiger partial charge in [0.2, 0.25) is 0 Å². The second kappa shape index (κ2) is 5.77. The Morgan fingerprint density at radius 1 is 1.10 bits per heavy atom. The summed E-state index contributed by atoms with van der Waals surface area (Å²) in [6, 6.07) is 6.82. The fraction of sp³-hybridized carbons (Fsp3) is 0.143. The van der Waals surface area contributed by atoms with Crippen LogP contribution in [0.1, 0.15) is 18.5 Å². The Balaban J connectivity index is 2.30. The number of phenols is 2. The average molecular weight is 316 g/mol. The molecular weight excluding hydrogens is 304 g/mol. The highest BCUT2D eigenvalue weighted by Gasteiger charge is 2.16. The number of benzene rings is 2. The first-order valence-electron chi connectivity index (χ1n) is 5.82. The Bertz CT molecular complexity index is 606. The lowest BCUT2D eigenvalue weighted by molar-refractivity contribution is 0.434. The quantitative estimate of drug-likeness (QED) is 0.718. The molecule has 3 nitrogen and oxygen atoms in total. The largest absolute Gasteiger partial charge is 0.507 e. The lowest BCUT2D eigenvalue weighted by atomic mass is 10.1. The molecule has 6 heteroatoms. The van der Waals surface area contributed by atoms with Gasteiger partial charge in [0.25, 0.3) is 0 Å². The van der Waals surface area contributed by atoms with Crippen molar-refractivity contribution >= 4 is 28.9 Å². The highest BCUT2D eigenvalue weighted by Crippen LogP contribution is 2.35. The van der Waals surface area contributed by atoms with Crippen LogP contribution in [0.25, 0.3) is 0 Å². The van der Waals surface area contributed by atoms with Crippen molar-refractivity contribution < 1.29 is 14.6 Å². The molecule has 2 rings (SSSR count). The maximum absolute atomic E-state index is 13.3. The van der Waals surface area contributed by atoms with E-state index in [4.69, 9.17) is 23.2 Å². The molecule has 0 aromatic heterocycles. The van der Waals surface area contributed by atoms with E-state index in [2.05, 4.69) is 5.32 Å². The zero-order valence-corrected chi connectivity index (χ0v) is 12.0. The van der Waals surface area contributed by atoms with Gasteiger partial charge in [-0.15, -0.1) is 0 Å². The number of nitrogens with one attached hydrogen (secondary N) is 1. The van der Waals surface area contributed by atoms with Crippen molar-refractivity contribution in [2.45, 2.75) is 13.0 Å². The molecule has 0 bridgehead atoms. The molecule has 0 aliphatic rings. The Morgan fingerprint density at radius 3 is 2.10 bits per heavy atom. The zero-order chi connectivity index (χ0) is 14.9. The predicted octanol–water partition coefficient (Wildman–Crippen LogP) is 4.72. The molecule has 0 heterocycles. The number of hydrogen-bond donors (Lipinski definition) is 3. The van der Waals surface area contributed by atoms with Gasteiger partial charge in [0.1, 0.15) is 11.5 Å². The van der Waals surface area contributed by atoms with Crippen molar-refractivity contribution in [2.24, 2.45) is 0 Å². The second-order valence-corrected chi connectivity index (χ2v) is 5.14. The molecule has 106 valence electrons. The van der Waals surface area contributed by atoms with Gasteiger partial charge in [-0.05, 0) is 31.2 Å². The molecule has 1 atom stereocenters. The van der Waals surface area contributed by atoms with Crippen LogP contribution in [0.4, 0.5) is 10.1 Å². The molecule has 0 fully saturated rings. The zero-order valence-electron chi connectivity index (χ0n) is 10.5. The molecule has 3 N–H and O–H groups in total. The van der Waals surface area contributed by atoms with Crippen molar-refractivity contribution in [3.8, 4) is 11.5 Å². The van der Waals surface area contributed by atoms with Gasteiger partial charge in [-0.3, -0.25) is 0 Å². The SMILES string of the molecule is CC(Nc1cc(Cl)c(F)c(Cl)c1)c1c(O)cccc1O.